The van der Waals surface area contributed by atoms with Crippen molar-refractivity contribution < 1.29 is 0 Å². The van der Waals surface area contributed by atoms with Gasteiger partial charge in [0.1, 0.15) is 0 Å². The average molecular weight is 385 g/mol. The Kier molecular flexibility index (Phi) is 5.56. The fourth-order valence-corrected chi connectivity index (χ4v) is 2.70. The molecule has 0 aliphatic carbocycles. The molecule has 2 rings (SSSR count). The molecule has 0 saturated heterocycles. The Hall–Kier alpha value is -1.17. The second kappa shape index (κ2) is 7.20. The summed E-state index contributed by atoms with van der Waals surface area (Å²) in [6.45, 7) is 3.97. The molecule has 1 aromatic heterocycles. The second-order valence-corrected chi connectivity index (χ2v) is 6.27. The molecule has 0 aliphatic heterocycles. The first-order chi connectivity index (χ1) is 9.99. The van der Waals surface area contributed by atoms with Crippen LogP contribution in [0.2, 0.25) is 5.02 Å². The Labute approximate surface area is 143 Å². The number of hydrogen-bond acceptors (Lipinski definition) is 2. The van der Waals surface area contributed by atoms with Crippen molar-refractivity contribution in [3.63, 3.8) is 0 Å². The maximum absolute atomic E-state index is 6.25. The first-order valence-electron chi connectivity index (χ1n) is 6.42. The number of nitrogens with zero attached hydrogens (tertiary/aromatic N) is 1. The maximum atomic E-state index is 6.25. The molecule has 2 N–H and O–H groups in total. The minimum absolute atomic E-state index is 0.0986. The van der Waals surface area contributed by atoms with Gasteiger partial charge >= 0.3 is 0 Å². The molecule has 0 aliphatic rings. The van der Waals surface area contributed by atoms with Gasteiger partial charge in [-0.3, -0.25) is 0 Å². The summed E-state index contributed by atoms with van der Waals surface area (Å²) < 4.78 is 0.870. The summed E-state index contributed by atoms with van der Waals surface area (Å²) in [5, 5.41) is 7.30. The van der Waals surface area contributed by atoms with Crippen LogP contribution in [0.4, 0.5) is 5.82 Å². The van der Waals surface area contributed by atoms with Crippen molar-refractivity contribution in [1.82, 2.24) is 10.3 Å². The van der Waals surface area contributed by atoms with E-state index in [4.69, 9.17) is 23.8 Å². The van der Waals surface area contributed by atoms with Crippen LogP contribution in [0, 0.1) is 6.92 Å². The molecule has 1 heterocycles. The number of pyridine rings is 1. The highest BCUT2D eigenvalue weighted by Crippen LogP contribution is 2.28. The summed E-state index contributed by atoms with van der Waals surface area (Å²) in [5.74, 6) is 0.551. The SMILES string of the molecule is Cc1c(Br)cnc(NC(=S)NC(C)c2ccccc2)c1Cl. The van der Waals surface area contributed by atoms with Crippen molar-refractivity contribution in [2.45, 2.75) is 19.9 Å². The Morgan fingerprint density at radius 2 is 2.00 bits per heavy atom. The van der Waals surface area contributed by atoms with Crippen molar-refractivity contribution in [2.75, 3.05) is 5.32 Å². The van der Waals surface area contributed by atoms with Crippen LogP contribution >= 0.6 is 39.7 Å². The zero-order valence-corrected chi connectivity index (χ0v) is 14.8. The van der Waals surface area contributed by atoms with Gasteiger partial charge in [-0.25, -0.2) is 4.98 Å². The Bertz CT molecular complexity index is 649. The third kappa shape index (κ3) is 4.15. The number of anilines is 1. The van der Waals surface area contributed by atoms with E-state index in [0.29, 0.717) is 16.0 Å². The number of benzene rings is 1. The Morgan fingerprint density at radius 3 is 2.67 bits per heavy atom. The number of thiocarbonyl (C=S) groups is 1. The fraction of sp³-hybridized carbons (Fsp3) is 0.200. The highest BCUT2D eigenvalue weighted by Gasteiger charge is 2.11. The first-order valence-corrected chi connectivity index (χ1v) is 8.00. The van der Waals surface area contributed by atoms with Crippen LogP contribution in [-0.2, 0) is 0 Å². The Morgan fingerprint density at radius 1 is 1.33 bits per heavy atom. The van der Waals surface area contributed by atoms with Crippen molar-refractivity contribution in [1.29, 1.82) is 0 Å². The van der Waals surface area contributed by atoms with Crippen LogP contribution in [0.1, 0.15) is 24.1 Å². The van der Waals surface area contributed by atoms with Crippen molar-refractivity contribution in [3.8, 4) is 0 Å². The van der Waals surface area contributed by atoms with Gasteiger partial charge in [0.2, 0.25) is 0 Å². The Balaban J connectivity index is 2.04. The number of rotatable bonds is 3. The van der Waals surface area contributed by atoms with Gasteiger partial charge in [-0.1, -0.05) is 41.9 Å². The standard InChI is InChI=1S/C15H15BrClN3S/c1-9-12(16)8-18-14(13(9)17)20-15(21)19-10(2)11-6-4-3-5-7-11/h3-8,10H,1-2H3,(H2,18,19,20,21). The van der Waals surface area contributed by atoms with Gasteiger partial charge < -0.3 is 10.6 Å². The number of hydrogen-bond donors (Lipinski definition) is 2. The first kappa shape index (κ1) is 16.2. The third-order valence-corrected chi connectivity index (χ3v) is 4.56. The van der Waals surface area contributed by atoms with Gasteiger partial charge in [0.15, 0.2) is 10.9 Å². The van der Waals surface area contributed by atoms with E-state index in [1.807, 2.05) is 32.0 Å². The number of halogens is 2. The highest BCUT2D eigenvalue weighted by molar-refractivity contribution is 9.10. The third-order valence-electron chi connectivity index (χ3n) is 3.08. The van der Waals surface area contributed by atoms with E-state index in [2.05, 4.69) is 43.7 Å². The van der Waals surface area contributed by atoms with Crippen LogP contribution < -0.4 is 10.6 Å². The molecule has 1 atom stereocenters. The molecular weight excluding hydrogens is 370 g/mol. The van der Waals surface area contributed by atoms with Gasteiger partial charge in [-0.2, -0.15) is 0 Å². The molecule has 3 nitrogen and oxygen atoms in total. The van der Waals surface area contributed by atoms with Crippen molar-refractivity contribution in [2.24, 2.45) is 0 Å². The molecular formula is C15H15BrClN3S. The van der Waals surface area contributed by atoms with Gasteiger partial charge in [0, 0.05) is 10.7 Å². The molecule has 0 saturated carbocycles. The summed E-state index contributed by atoms with van der Waals surface area (Å²) in [6, 6.07) is 10.2. The number of aromatic nitrogens is 1. The number of nitrogens with one attached hydrogen (secondary N) is 2. The molecule has 6 heteroatoms. The summed E-state index contributed by atoms with van der Waals surface area (Å²) in [5.41, 5.74) is 2.08. The lowest BCUT2D eigenvalue weighted by Crippen LogP contribution is -2.31. The van der Waals surface area contributed by atoms with E-state index >= 15 is 0 Å². The van der Waals surface area contributed by atoms with E-state index < -0.39 is 0 Å². The van der Waals surface area contributed by atoms with Gasteiger partial charge in [0.05, 0.1) is 11.1 Å². The predicted molar refractivity (Wildman–Crippen MR) is 95.9 cm³/mol. The maximum Gasteiger partial charge on any atom is 0.172 e. The molecule has 0 radical (unpaired) electrons. The largest absolute Gasteiger partial charge is 0.356 e. The fourth-order valence-electron chi connectivity index (χ4n) is 1.81. The lowest BCUT2D eigenvalue weighted by Gasteiger charge is -2.18. The lowest BCUT2D eigenvalue weighted by atomic mass is 10.1. The van der Waals surface area contributed by atoms with E-state index in [0.717, 1.165) is 15.6 Å². The normalized spacial score (nSPS) is 11.8. The second-order valence-electron chi connectivity index (χ2n) is 4.62. The molecule has 1 unspecified atom stereocenters. The summed E-state index contributed by atoms with van der Waals surface area (Å²) >= 11 is 15.0. The van der Waals surface area contributed by atoms with Crippen molar-refractivity contribution in [3.05, 3.63) is 57.2 Å². The van der Waals surface area contributed by atoms with Gasteiger partial charge in [-0.05, 0) is 53.1 Å². The minimum atomic E-state index is 0.0986. The van der Waals surface area contributed by atoms with Crippen LogP contribution in [0.25, 0.3) is 0 Å². The van der Waals surface area contributed by atoms with E-state index in [1.165, 1.54) is 0 Å². The van der Waals surface area contributed by atoms with Crippen LogP contribution in [0.5, 0.6) is 0 Å². The average Bonchev–Trinajstić information content (AvgIpc) is 2.49. The molecule has 1 aromatic carbocycles. The summed E-state index contributed by atoms with van der Waals surface area (Å²) in [7, 11) is 0. The quantitative estimate of drug-likeness (QED) is 0.742. The molecule has 0 amide bonds. The lowest BCUT2D eigenvalue weighted by molar-refractivity contribution is 0.722. The predicted octanol–water partition coefficient (Wildman–Crippen LogP) is 4.85. The zero-order valence-electron chi connectivity index (χ0n) is 11.7. The van der Waals surface area contributed by atoms with Crippen LogP contribution in [0.3, 0.4) is 0 Å². The summed E-state index contributed by atoms with van der Waals surface area (Å²) in [4.78, 5) is 4.24. The molecule has 110 valence electrons. The van der Waals surface area contributed by atoms with E-state index in [-0.39, 0.29) is 6.04 Å². The van der Waals surface area contributed by atoms with Gasteiger partial charge in [0.25, 0.3) is 0 Å². The smallest absolute Gasteiger partial charge is 0.172 e. The van der Waals surface area contributed by atoms with Gasteiger partial charge in [-0.15, -0.1) is 0 Å². The molecule has 2 aromatic rings. The van der Waals surface area contributed by atoms with Crippen molar-refractivity contribution >= 4 is 50.7 Å². The van der Waals surface area contributed by atoms with Crippen LogP contribution in [-0.4, -0.2) is 10.1 Å². The summed E-state index contributed by atoms with van der Waals surface area (Å²) in [6.07, 6.45) is 1.70. The van der Waals surface area contributed by atoms with E-state index in [1.54, 1.807) is 6.20 Å². The minimum Gasteiger partial charge on any atom is -0.356 e. The van der Waals surface area contributed by atoms with E-state index in [9.17, 15) is 0 Å². The molecule has 0 spiro atoms. The topological polar surface area (TPSA) is 37.0 Å². The monoisotopic (exact) mass is 383 g/mol. The zero-order chi connectivity index (χ0) is 15.4. The molecule has 21 heavy (non-hydrogen) atoms. The van der Waals surface area contributed by atoms with Crippen LogP contribution in [0.15, 0.2) is 41.0 Å². The molecule has 0 bridgehead atoms. The molecule has 0 fully saturated rings. The highest BCUT2D eigenvalue weighted by atomic mass is 79.9.